The Hall–Kier alpha value is -1.91. The Morgan fingerprint density at radius 1 is 1.27 bits per heavy atom. The molecule has 0 aliphatic carbocycles. The van der Waals surface area contributed by atoms with E-state index in [1.54, 1.807) is 39.8 Å². The second-order valence-corrected chi connectivity index (χ2v) is 8.46. The van der Waals surface area contributed by atoms with Gasteiger partial charge in [0.15, 0.2) is 0 Å². The molecule has 0 radical (unpaired) electrons. The lowest BCUT2D eigenvalue weighted by atomic mass is 10.2. The number of carbonyl (C=O) groups excluding carboxylic acids is 1. The number of rotatable bonds is 8. The number of nitrogens with zero attached hydrogens (tertiary/aromatic N) is 3. The van der Waals surface area contributed by atoms with Crippen molar-refractivity contribution < 1.29 is 13.2 Å². The summed E-state index contributed by atoms with van der Waals surface area (Å²) in [6, 6.07) is 4.89. The van der Waals surface area contributed by atoms with Gasteiger partial charge < -0.3 is 5.32 Å². The standard InChI is InChI=1S/C16H23N5O3S2/c1-5-21(6-2)26(23,24)14-9-13(8-7-11(14)3)18-15(22)10-25-16-17-12(4)19-20-16/h7-9H,5-6,10H2,1-4H3,(H,18,22)(H,17,19,20). The van der Waals surface area contributed by atoms with Gasteiger partial charge in [0.25, 0.3) is 0 Å². The molecule has 2 rings (SSSR count). The maximum atomic E-state index is 12.8. The van der Waals surface area contributed by atoms with E-state index in [1.165, 1.54) is 22.1 Å². The van der Waals surface area contributed by atoms with Gasteiger partial charge in [0.2, 0.25) is 21.1 Å². The summed E-state index contributed by atoms with van der Waals surface area (Å²) in [6.07, 6.45) is 0. The number of carbonyl (C=O) groups is 1. The molecule has 0 saturated heterocycles. The Balaban J connectivity index is 2.12. The predicted octanol–water partition coefficient (Wildman–Crippen LogP) is 2.18. The van der Waals surface area contributed by atoms with E-state index in [2.05, 4.69) is 20.5 Å². The third kappa shape index (κ3) is 4.83. The number of amides is 1. The molecule has 1 aromatic carbocycles. The zero-order valence-corrected chi connectivity index (χ0v) is 16.9. The summed E-state index contributed by atoms with van der Waals surface area (Å²) in [5, 5.41) is 9.88. The van der Waals surface area contributed by atoms with Crippen molar-refractivity contribution in [3.8, 4) is 0 Å². The number of thioether (sulfide) groups is 1. The van der Waals surface area contributed by atoms with E-state index in [1.807, 2.05) is 0 Å². The van der Waals surface area contributed by atoms with Gasteiger partial charge in [0.1, 0.15) is 5.82 Å². The first-order valence-electron chi connectivity index (χ1n) is 8.20. The molecule has 0 fully saturated rings. The number of hydrogen-bond donors (Lipinski definition) is 2. The van der Waals surface area contributed by atoms with Crippen LogP contribution in [0.1, 0.15) is 25.2 Å². The first-order valence-corrected chi connectivity index (χ1v) is 10.6. The smallest absolute Gasteiger partial charge is 0.243 e. The number of H-pyrrole nitrogens is 1. The molecule has 10 heteroatoms. The van der Waals surface area contributed by atoms with Crippen molar-refractivity contribution in [1.29, 1.82) is 0 Å². The summed E-state index contributed by atoms with van der Waals surface area (Å²) in [6.45, 7) is 7.89. The number of sulfonamides is 1. The van der Waals surface area contributed by atoms with Gasteiger partial charge in [0.05, 0.1) is 10.6 Å². The molecule has 0 atom stereocenters. The number of aromatic amines is 1. The van der Waals surface area contributed by atoms with E-state index in [0.29, 0.717) is 35.3 Å². The van der Waals surface area contributed by atoms with Crippen molar-refractivity contribution in [3.05, 3.63) is 29.6 Å². The van der Waals surface area contributed by atoms with Crippen molar-refractivity contribution in [3.63, 3.8) is 0 Å². The average molecular weight is 398 g/mol. The fourth-order valence-corrected chi connectivity index (χ4v) is 4.73. The lowest BCUT2D eigenvalue weighted by Crippen LogP contribution is -2.31. The Bertz CT molecular complexity index is 876. The fraction of sp³-hybridized carbons (Fsp3) is 0.438. The minimum atomic E-state index is -3.59. The molecule has 0 spiro atoms. The van der Waals surface area contributed by atoms with Crippen molar-refractivity contribution in [2.45, 2.75) is 37.7 Å². The molecule has 0 bridgehead atoms. The van der Waals surface area contributed by atoms with E-state index in [-0.39, 0.29) is 16.6 Å². The number of hydrogen-bond acceptors (Lipinski definition) is 6. The highest BCUT2D eigenvalue weighted by atomic mass is 32.2. The van der Waals surface area contributed by atoms with Crippen LogP contribution in [0.15, 0.2) is 28.3 Å². The molecule has 0 aliphatic rings. The van der Waals surface area contributed by atoms with Crippen molar-refractivity contribution >= 4 is 33.4 Å². The van der Waals surface area contributed by atoms with Crippen LogP contribution in [0, 0.1) is 13.8 Å². The number of nitrogens with one attached hydrogen (secondary N) is 2. The average Bonchev–Trinajstić information content (AvgIpc) is 3.01. The van der Waals surface area contributed by atoms with Gasteiger partial charge in [-0.15, -0.1) is 5.10 Å². The maximum Gasteiger partial charge on any atom is 0.243 e. The molecule has 0 aliphatic heterocycles. The highest BCUT2D eigenvalue weighted by Gasteiger charge is 2.24. The third-order valence-electron chi connectivity index (χ3n) is 3.70. The van der Waals surface area contributed by atoms with E-state index < -0.39 is 10.0 Å². The highest BCUT2D eigenvalue weighted by Crippen LogP contribution is 2.24. The van der Waals surface area contributed by atoms with Crippen molar-refractivity contribution in [2.24, 2.45) is 0 Å². The molecule has 1 amide bonds. The molecular weight excluding hydrogens is 374 g/mol. The van der Waals surface area contributed by atoms with Crippen LogP contribution in [-0.2, 0) is 14.8 Å². The summed E-state index contributed by atoms with van der Waals surface area (Å²) in [5.41, 5.74) is 1.08. The third-order valence-corrected chi connectivity index (χ3v) is 6.74. The summed E-state index contributed by atoms with van der Waals surface area (Å²) in [7, 11) is -3.59. The lowest BCUT2D eigenvalue weighted by Gasteiger charge is -2.20. The highest BCUT2D eigenvalue weighted by molar-refractivity contribution is 7.99. The van der Waals surface area contributed by atoms with Gasteiger partial charge in [-0.1, -0.05) is 31.7 Å². The van der Waals surface area contributed by atoms with Crippen LogP contribution in [-0.4, -0.2) is 52.7 Å². The molecular formula is C16H23N5O3S2. The van der Waals surface area contributed by atoms with Crippen molar-refractivity contribution in [2.75, 3.05) is 24.2 Å². The van der Waals surface area contributed by atoms with Gasteiger partial charge in [-0.05, 0) is 31.5 Å². The Morgan fingerprint density at radius 3 is 2.54 bits per heavy atom. The first-order chi connectivity index (χ1) is 12.3. The van der Waals surface area contributed by atoms with Crippen LogP contribution in [0.3, 0.4) is 0 Å². The summed E-state index contributed by atoms with van der Waals surface area (Å²) in [5.74, 6) is 0.550. The van der Waals surface area contributed by atoms with Gasteiger partial charge in [-0.3, -0.25) is 9.89 Å². The van der Waals surface area contributed by atoms with Crippen LogP contribution < -0.4 is 5.32 Å². The molecule has 8 nitrogen and oxygen atoms in total. The second-order valence-electron chi connectivity index (χ2n) is 5.61. The van der Waals surface area contributed by atoms with Gasteiger partial charge >= 0.3 is 0 Å². The Labute approximate surface area is 157 Å². The summed E-state index contributed by atoms with van der Waals surface area (Å²) in [4.78, 5) is 16.4. The van der Waals surface area contributed by atoms with E-state index in [4.69, 9.17) is 0 Å². The number of benzene rings is 1. The minimum Gasteiger partial charge on any atom is -0.325 e. The predicted molar refractivity (Wildman–Crippen MR) is 102 cm³/mol. The number of anilines is 1. The van der Waals surface area contributed by atoms with Crippen molar-refractivity contribution in [1.82, 2.24) is 19.5 Å². The molecule has 2 N–H and O–H groups in total. The van der Waals surface area contributed by atoms with Crippen LogP contribution >= 0.6 is 11.8 Å². The zero-order chi connectivity index (χ0) is 19.3. The van der Waals surface area contributed by atoms with Gasteiger partial charge in [0, 0.05) is 18.8 Å². The monoisotopic (exact) mass is 397 g/mol. The van der Waals surface area contributed by atoms with Gasteiger partial charge in [-0.25, -0.2) is 13.4 Å². The zero-order valence-electron chi connectivity index (χ0n) is 15.2. The number of aryl methyl sites for hydroxylation is 2. The van der Waals surface area contributed by atoms with E-state index in [9.17, 15) is 13.2 Å². The molecule has 26 heavy (non-hydrogen) atoms. The quantitative estimate of drug-likeness (QED) is 0.661. The largest absolute Gasteiger partial charge is 0.325 e. The number of aromatic nitrogens is 3. The summed E-state index contributed by atoms with van der Waals surface area (Å²) >= 11 is 1.20. The molecule has 2 aromatic rings. The lowest BCUT2D eigenvalue weighted by molar-refractivity contribution is -0.113. The van der Waals surface area contributed by atoms with E-state index in [0.717, 1.165) is 0 Å². The van der Waals surface area contributed by atoms with E-state index >= 15 is 0 Å². The first kappa shape index (κ1) is 20.4. The van der Waals surface area contributed by atoms with Crippen LogP contribution in [0.4, 0.5) is 5.69 Å². The topological polar surface area (TPSA) is 108 Å². The van der Waals surface area contributed by atoms with Crippen LogP contribution in [0.2, 0.25) is 0 Å². The van der Waals surface area contributed by atoms with Gasteiger partial charge in [-0.2, -0.15) is 4.31 Å². The molecule has 142 valence electrons. The minimum absolute atomic E-state index is 0.128. The molecule has 0 saturated carbocycles. The molecule has 1 heterocycles. The normalized spacial score (nSPS) is 11.7. The molecule has 0 unspecified atom stereocenters. The van der Waals surface area contributed by atoms with Crippen LogP contribution in [0.5, 0.6) is 0 Å². The summed E-state index contributed by atoms with van der Waals surface area (Å²) < 4.78 is 26.9. The maximum absolute atomic E-state index is 12.8. The second kappa shape index (κ2) is 8.65. The Morgan fingerprint density at radius 2 is 1.96 bits per heavy atom. The molecule has 1 aromatic heterocycles. The SMILES string of the molecule is CCN(CC)S(=O)(=O)c1cc(NC(=O)CSc2n[nH]c(C)n2)ccc1C. The van der Waals surface area contributed by atoms with Crippen LogP contribution in [0.25, 0.3) is 0 Å². The fourth-order valence-electron chi connectivity index (χ4n) is 2.37. The Kier molecular flexibility index (Phi) is 6.79.